The number of carbonyl (C=O) groups excluding carboxylic acids is 1. The van der Waals surface area contributed by atoms with Gasteiger partial charge in [0.05, 0.1) is 12.1 Å². The van der Waals surface area contributed by atoms with E-state index in [4.69, 9.17) is 0 Å². The summed E-state index contributed by atoms with van der Waals surface area (Å²) in [5, 5.41) is 3.81. The average molecular weight is 172 g/mol. The van der Waals surface area contributed by atoms with Gasteiger partial charge in [0.2, 0.25) is 0 Å². The first-order valence-corrected chi connectivity index (χ1v) is 4.24. The van der Waals surface area contributed by atoms with E-state index < -0.39 is 0 Å². The maximum Gasteiger partial charge on any atom is 0.254 e. The van der Waals surface area contributed by atoms with E-state index in [2.05, 4.69) is 10.3 Å². The number of amides is 1. The van der Waals surface area contributed by atoms with Crippen LogP contribution in [0.4, 0.5) is 0 Å². The molecule has 13 heavy (non-hydrogen) atoms. The van der Waals surface area contributed by atoms with Gasteiger partial charge < -0.3 is 10.3 Å². The third-order valence-electron chi connectivity index (χ3n) is 2.44. The fourth-order valence-corrected chi connectivity index (χ4v) is 1.85. The molecule has 0 radical (unpaired) electrons. The highest BCUT2D eigenvalue weighted by molar-refractivity contribution is 6.10. The summed E-state index contributed by atoms with van der Waals surface area (Å²) in [7, 11) is 0. The van der Waals surface area contributed by atoms with Crippen LogP contribution in [0.15, 0.2) is 24.3 Å². The maximum atomic E-state index is 11.4. The molecule has 0 saturated heterocycles. The number of hydrogen-bond donors (Lipinski definition) is 2. The van der Waals surface area contributed by atoms with E-state index in [0.29, 0.717) is 6.54 Å². The van der Waals surface area contributed by atoms with Gasteiger partial charge in [0, 0.05) is 16.6 Å². The molecule has 0 atom stereocenters. The van der Waals surface area contributed by atoms with Gasteiger partial charge in [0.1, 0.15) is 0 Å². The topological polar surface area (TPSA) is 44.9 Å². The van der Waals surface area contributed by atoms with Crippen LogP contribution >= 0.6 is 0 Å². The standard InChI is InChI=1S/C10H8N2O/c13-10-9-6-3-1-2-4-7(6)12-8(9)5-11-10/h1-4,12H,5H2,(H,11,13). The van der Waals surface area contributed by atoms with Gasteiger partial charge in [-0.3, -0.25) is 4.79 Å². The fourth-order valence-electron chi connectivity index (χ4n) is 1.85. The van der Waals surface area contributed by atoms with Gasteiger partial charge in [-0.15, -0.1) is 0 Å². The van der Waals surface area contributed by atoms with Crippen LogP contribution in [0.2, 0.25) is 0 Å². The van der Waals surface area contributed by atoms with Crippen LogP contribution in [0.5, 0.6) is 0 Å². The first-order chi connectivity index (χ1) is 6.36. The van der Waals surface area contributed by atoms with Crippen molar-refractivity contribution < 1.29 is 4.79 Å². The molecule has 0 fully saturated rings. The van der Waals surface area contributed by atoms with Crippen molar-refractivity contribution in [2.45, 2.75) is 6.54 Å². The lowest BCUT2D eigenvalue weighted by atomic mass is 10.1. The number of rotatable bonds is 0. The van der Waals surface area contributed by atoms with Crippen molar-refractivity contribution >= 4 is 16.8 Å². The molecule has 3 rings (SSSR count). The summed E-state index contributed by atoms with van der Waals surface area (Å²) in [6, 6.07) is 7.87. The molecule has 1 amide bonds. The van der Waals surface area contributed by atoms with Gasteiger partial charge in [-0.25, -0.2) is 0 Å². The molecule has 2 N–H and O–H groups in total. The number of H-pyrrole nitrogens is 1. The number of nitrogens with one attached hydrogen (secondary N) is 2. The molecule has 3 nitrogen and oxygen atoms in total. The Bertz CT molecular complexity index is 499. The normalized spacial score (nSPS) is 14.6. The highest BCUT2D eigenvalue weighted by atomic mass is 16.1. The van der Waals surface area contributed by atoms with Crippen molar-refractivity contribution in [3.8, 4) is 0 Å². The van der Waals surface area contributed by atoms with Crippen LogP contribution in [0.25, 0.3) is 10.9 Å². The summed E-state index contributed by atoms with van der Waals surface area (Å²) in [5.41, 5.74) is 2.86. The molecule has 3 heteroatoms. The molecule has 1 aromatic heterocycles. The van der Waals surface area contributed by atoms with E-state index in [1.54, 1.807) is 0 Å². The van der Waals surface area contributed by atoms with Gasteiger partial charge >= 0.3 is 0 Å². The second-order valence-corrected chi connectivity index (χ2v) is 3.21. The molecule has 0 bridgehead atoms. The van der Waals surface area contributed by atoms with Crippen molar-refractivity contribution in [3.63, 3.8) is 0 Å². The van der Waals surface area contributed by atoms with Gasteiger partial charge in [-0.1, -0.05) is 18.2 Å². The summed E-state index contributed by atoms with van der Waals surface area (Å²) in [4.78, 5) is 14.6. The van der Waals surface area contributed by atoms with E-state index in [-0.39, 0.29) is 5.91 Å². The van der Waals surface area contributed by atoms with Crippen LogP contribution in [0, 0.1) is 0 Å². The predicted molar refractivity (Wildman–Crippen MR) is 49.5 cm³/mol. The number of benzene rings is 1. The average Bonchev–Trinajstić information content (AvgIpc) is 2.66. The highest BCUT2D eigenvalue weighted by Crippen LogP contribution is 2.25. The lowest BCUT2D eigenvalue weighted by Crippen LogP contribution is -2.13. The number of aromatic amines is 1. The van der Waals surface area contributed by atoms with Gasteiger partial charge in [0.25, 0.3) is 5.91 Å². The largest absolute Gasteiger partial charge is 0.356 e. The summed E-state index contributed by atoms with van der Waals surface area (Å²) in [5.74, 6) is 0.0347. The number of hydrogen-bond acceptors (Lipinski definition) is 1. The molecule has 0 aliphatic carbocycles. The SMILES string of the molecule is O=C1NCc2[nH]c3ccccc3c21. The Morgan fingerprint density at radius 3 is 3.00 bits per heavy atom. The monoisotopic (exact) mass is 172 g/mol. The van der Waals surface area contributed by atoms with Crippen molar-refractivity contribution in [2.24, 2.45) is 0 Å². The molecule has 0 saturated carbocycles. The van der Waals surface area contributed by atoms with Crippen molar-refractivity contribution in [2.75, 3.05) is 0 Å². The van der Waals surface area contributed by atoms with E-state index in [9.17, 15) is 4.79 Å². The van der Waals surface area contributed by atoms with E-state index >= 15 is 0 Å². The number of carbonyl (C=O) groups is 1. The van der Waals surface area contributed by atoms with E-state index in [1.807, 2.05) is 24.3 Å². The Kier molecular flexibility index (Phi) is 1.10. The van der Waals surface area contributed by atoms with Crippen molar-refractivity contribution in [1.29, 1.82) is 0 Å². The number of fused-ring (bicyclic) bond motifs is 3. The Labute approximate surface area is 74.8 Å². The zero-order chi connectivity index (χ0) is 8.84. The molecular weight excluding hydrogens is 164 g/mol. The second-order valence-electron chi connectivity index (χ2n) is 3.21. The Balaban J connectivity index is 2.46. The minimum absolute atomic E-state index is 0.0347. The minimum Gasteiger partial charge on any atom is -0.356 e. The van der Waals surface area contributed by atoms with Gasteiger partial charge in [-0.2, -0.15) is 0 Å². The van der Waals surface area contributed by atoms with Crippen molar-refractivity contribution in [3.05, 3.63) is 35.5 Å². The molecule has 2 aromatic rings. The van der Waals surface area contributed by atoms with E-state index in [0.717, 1.165) is 22.2 Å². The lowest BCUT2D eigenvalue weighted by Gasteiger charge is -1.92. The first kappa shape index (κ1) is 6.71. The minimum atomic E-state index is 0.0347. The Hall–Kier alpha value is -1.77. The molecule has 64 valence electrons. The van der Waals surface area contributed by atoms with Crippen molar-refractivity contribution in [1.82, 2.24) is 10.3 Å². The number of aromatic nitrogens is 1. The molecule has 1 aliphatic rings. The Morgan fingerprint density at radius 1 is 1.23 bits per heavy atom. The summed E-state index contributed by atoms with van der Waals surface area (Å²) < 4.78 is 0. The van der Waals surface area contributed by atoms with E-state index in [1.165, 1.54) is 0 Å². The van der Waals surface area contributed by atoms with Crippen LogP contribution in [0.1, 0.15) is 16.1 Å². The fraction of sp³-hybridized carbons (Fsp3) is 0.100. The summed E-state index contributed by atoms with van der Waals surface area (Å²) in [6.07, 6.45) is 0. The summed E-state index contributed by atoms with van der Waals surface area (Å²) >= 11 is 0. The molecule has 1 aliphatic heterocycles. The van der Waals surface area contributed by atoms with Crippen LogP contribution in [0.3, 0.4) is 0 Å². The maximum absolute atomic E-state index is 11.4. The third-order valence-corrected chi connectivity index (χ3v) is 2.44. The molecule has 0 spiro atoms. The third kappa shape index (κ3) is 0.758. The van der Waals surface area contributed by atoms with Crippen LogP contribution in [-0.2, 0) is 6.54 Å². The zero-order valence-electron chi connectivity index (χ0n) is 6.92. The molecular formula is C10H8N2O. The first-order valence-electron chi connectivity index (χ1n) is 4.24. The van der Waals surface area contributed by atoms with Crippen LogP contribution in [-0.4, -0.2) is 10.9 Å². The predicted octanol–water partition coefficient (Wildman–Crippen LogP) is 1.41. The molecule has 1 aromatic carbocycles. The van der Waals surface area contributed by atoms with Gasteiger partial charge in [0.15, 0.2) is 0 Å². The van der Waals surface area contributed by atoms with Crippen LogP contribution < -0.4 is 5.32 Å². The zero-order valence-corrected chi connectivity index (χ0v) is 6.92. The van der Waals surface area contributed by atoms with Gasteiger partial charge in [-0.05, 0) is 6.07 Å². The molecule has 0 unspecified atom stereocenters. The number of para-hydroxylation sites is 1. The smallest absolute Gasteiger partial charge is 0.254 e. The quantitative estimate of drug-likeness (QED) is 0.620. The lowest BCUT2D eigenvalue weighted by molar-refractivity contribution is 0.0967. The second kappa shape index (κ2) is 2.13. The Morgan fingerprint density at radius 2 is 2.08 bits per heavy atom. The highest BCUT2D eigenvalue weighted by Gasteiger charge is 2.23. The summed E-state index contributed by atoms with van der Waals surface area (Å²) in [6.45, 7) is 0.628. The molecule has 2 heterocycles.